The van der Waals surface area contributed by atoms with E-state index < -0.39 is 0 Å². The molecule has 6 nitrogen and oxygen atoms in total. The van der Waals surface area contributed by atoms with Crippen LogP contribution in [-0.4, -0.2) is 26.9 Å². The average Bonchev–Trinajstić information content (AvgIpc) is 3.16. The average molecular weight is 346 g/mol. The van der Waals surface area contributed by atoms with Gasteiger partial charge in [0.1, 0.15) is 6.54 Å². The summed E-state index contributed by atoms with van der Waals surface area (Å²) in [5.41, 5.74) is 0.964. The van der Waals surface area contributed by atoms with E-state index in [1.807, 2.05) is 0 Å². The molecule has 0 aliphatic heterocycles. The van der Waals surface area contributed by atoms with E-state index in [0.29, 0.717) is 16.1 Å². The van der Waals surface area contributed by atoms with E-state index in [0.717, 1.165) is 50.5 Å². The van der Waals surface area contributed by atoms with Crippen molar-refractivity contribution >= 4 is 27.5 Å². The number of carbonyl (C=O) groups is 1. The number of thiophene rings is 1. The van der Waals surface area contributed by atoms with E-state index in [1.165, 1.54) is 9.56 Å². The van der Waals surface area contributed by atoms with Gasteiger partial charge in [-0.2, -0.15) is 0 Å². The van der Waals surface area contributed by atoms with Crippen LogP contribution in [0.25, 0.3) is 10.2 Å². The van der Waals surface area contributed by atoms with Crippen LogP contribution in [0.5, 0.6) is 0 Å². The van der Waals surface area contributed by atoms with Crippen LogP contribution in [0.2, 0.25) is 0 Å². The summed E-state index contributed by atoms with van der Waals surface area (Å²) in [7, 11) is 0. The van der Waals surface area contributed by atoms with Crippen LogP contribution in [0.1, 0.15) is 49.5 Å². The molecule has 1 atom stereocenters. The predicted octanol–water partition coefficient (Wildman–Crippen LogP) is 2.04. The van der Waals surface area contributed by atoms with Crippen molar-refractivity contribution in [3.05, 3.63) is 20.8 Å². The Bertz CT molecular complexity index is 835. The summed E-state index contributed by atoms with van der Waals surface area (Å²) in [5.74, 6) is 0.508. The Kier molecular flexibility index (Phi) is 4.12. The van der Waals surface area contributed by atoms with E-state index in [4.69, 9.17) is 0 Å². The molecule has 1 amide bonds. The molecule has 0 bridgehead atoms. The monoisotopic (exact) mass is 346 g/mol. The Hall–Kier alpha value is -1.76. The highest BCUT2D eigenvalue weighted by Gasteiger charge is 2.24. The fourth-order valence-electron chi connectivity index (χ4n) is 3.87. The molecule has 0 radical (unpaired) electrons. The van der Waals surface area contributed by atoms with Crippen molar-refractivity contribution in [1.29, 1.82) is 0 Å². The number of fused-ring (bicyclic) bond motifs is 3. The summed E-state index contributed by atoms with van der Waals surface area (Å²) < 4.78 is 1.22. The molecule has 4 rings (SSSR count). The molecule has 0 saturated heterocycles. The summed E-state index contributed by atoms with van der Waals surface area (Å²) in [5, 5.41) is 11.9. The SMILES string of the molecule is C[C@H]1CCc2c(sc3nnn(CC(=O)NC4CCCC4)c(=O)c23)C1. The van der Waals surface area contributed by atoms with Gasteiger partial charge in [0.25, 0.3) is 5.56 Å². The van der Waals surface area contributed by atoms with Gasteiger partial charge in [-0.05, 0) is 43.6 Å². The summed E-state index contributed by atoms with van der Waals surface area (Å²) in [6.07, 6.45) is 7.42. The molecule has 0 unspecified atom stereocenters. The molecule has 24 heavy (non-hydrogen) atoms. The van der Waals surface area contributed by atoms with Gasteiger partial charge >= 0.3 is 0 Å². The second-order valence-corrected chi connectivity index (χ2v) is 8.22. The zero-order valence-electron chi connectivity index (χ0n) is 13.9. The van der Waals surface area contributed by atoms with Crippen LogP contribution < -0.4 is 10.9 Å². The molecule has 2 aliphatic carbocycles. The number of rotatable bonds is 3. The Morgan fingerprint density at radius 3 is 2.92 bits per heavy atom. The third-order valence-electron chi connectivity index (χ3n) is 5.20. The second-order valence-electron chi connectivity index (χ2n) is 7.13. The minimum Gasteiger partial charge on any atom is -0.352 e. The first-order valence-electron chi connectivity index (χ1n) is 8.79. The van der Waals surface area contributed by atoms with Gasteiger partial charge in [0.15, 0.2) is 4.83 Å². The fraction of sp³-hybridized carbons (Fsp3) is 0.647. The molecule has 2 aliphatic rings. The third-order valence-corrected chi connectivity index (χ3v) is 6.34. The van der Waals surface area contributed by atoms with Crippen LogP contribution in [-0.2, 0) is 24.2 Å². The van der Waals surface area contributed by atoms with E-state index in [2.05, 4.69) is 22.6 Å². The number of amides is 1. The van der Waals surface area contributed by atoms with E-state index in [9.17, 15) is 9.59 Å². The summed E-state index contributed by atoms with van der Waals surface area (Å²) in [6, 6.07) is 0.250. The molecular weight excluding hydrogens is 324 g/mol. The highest BCUT2D eigenvalue weighted by Crippen LogP contribution is 2.35. The summed E-state index contributed by atoms with van der Waals surface area (Å²) >= 11 is 1.58. The van der Waals surface area contributed by atoms with Gasteiger partial charge in [-0.1, -0.05) is 25.0 Å². The number of nitrogens with one attached hydrogen (secondary N) is 1. The molecule has 0 aromatic carbocycles. The Balaban J connectivity index is 1.61. The second kappa shape index (κ2) is 6.27. The van der Waals surface area contributed by atoms with E-state index in [1.54, 1.807) is 11.3 Å². The van der Waals surface area contributed by atoms with Gasteiger partial charge in [0.05, 0.1) is 5.39 Å². The normalized spacial score (nSPS) is 21.1. The van der Waals surface area contributed by atoms with Crippen molar-refractivity contribution in [3.8, 4) is 0 Å². The lowest BCUT2D eigenvalue weighted by atomic mass is 9.89. The van der Waals surface area contributed by atoms with Gasteiger partial charge < -0.3 is 5.32 Å². The van der Waals surface area contributed by atoms with Crippen LogP contribution in [0.3, 0.4) is 0 Å². The summed E-state index contributed by atoms with van der Waals surface area (Å²) in [6.45, 7) is 2.20. The van der Waals surface area contributed by atoms with Gasteiger partial charge in [-0.25, -0.2) is 4.68 Å². The first-order chi connectivity index (χ1) is 11.6. The largest absolute Gasteiger partial charge is 0.352 e. The van der Waals surface area contributed by atoms with Gasteiger partial charge in [0, 0.05) is 10.9 Å². The molecule has 1 fully saturated rings. The Morgan fingerprint density at radius 2 is 2.12 bits per heavy atom. The smallest absolute Gasteiger partial charge is 0.279 e. The van der Waals surface area contributed by atoms with Crippen LogP contribution in [0.4, 0.5) is 0 Å². The Labute approximate surface area is 144 Å². The number of nitrogens with zero attached hydrogens (tertiary/aromatic N) is 3. The maximum absolute atomic E-state index is 12.8. The van der Waals surface area contributed by atoms with E-state index >= 15 is 0 Å². The van der Waals surface area contributed by atoms with Crippen molar-refractivity contribution in [2.45, 2.75) is 64.5 Å². The quantitative estimate of drug-likeness (QED) is 0.923. The molecule has 0 spiro atoms. The zero-order valence-corrected chi connectivity index (χ0v) is 14.7. The molecule has 7 heteroatoms. The highest BCUT2D eigenvalue weighted by atomic mass is 32.1. The lowest BCUT2D eigenvalue weighted by Gasteiger charge is -2.17. The van der Waals surface area contributed by atoms with Crippen LogP contribution >= 0.6 is 11.3 Å². The molecule has 128 valence electrons. The molecule has 1 N–H and O–H groups in total. The molecule has 2 aromatic heterocycles. The first kappa shape index (κ1) is 15.7. The van der Waals surface area contributed by atoms with E-state index in [-0.39, 0.29) is 24.1 Å². The van der Waals surface area contributed by atoms with Crippen molar-refractivity contribution in [2.24, 2.45) is 5.92 Å². The minimum atomic E-state index is -0.173. The van der Waals surface area contributed by atoms with Crippen molar-refractivity contribution in [1.82, 2.24) is 20.3 Å². The highest BCUT2D eigenvalue weighted by molar-refractivity contribution is 7.18. The lowest BCUT2D eigenvalue weighted by Crippen LogP contribution is -2.38. The molecular formula is C17H22N4O2S. The third kappa shape index (κ3) is 2.85. The zero-order chi connectivity index (χ0) is 16.7. The van der Waals surface area contributed by atoms with Gasteiger partial charge in [0.2, 0.25) is 5.91 Å². The maximum Gasteiger partial charge on any atom is 0.279 e. The maximum atomic E-state index is 12.8. The number of hydrogen-bond acceptors (Lipinski definition) is 5. The molecule has 2 heterocycles. The van der Waals surface area contributed by atoms with Gasteiger partial charge in [-0.15, -0.1) is 16.4 Å². The minimum absolute atomic E-state index is 0.0424. The van der Waals surface area contributed by atoms with Crippen molar-refractivity contribution < 1.29 is 4.79 Å². The standard InChI is InChI=1S/C17H22N4O2S/c1-10-6-7-12-13(8-10)24-16-15(12)17(23)21(20-19-16)9-14(22)18-11-4-2-3-5-11/h10-11H,2-9H2,1H3,(H,18,22)/t10-/m0/s1. The topological polar surface area (TPSA) is 76.9 Å². The lowest BCUT2D eigenvalue weighted by molar-refractivity contribution is -0.122. The first-order valence-corrected chi connectivity index (χ1v) is 9.61. The number of carbonyl (C=O) groups excluding carboxylic acids is 1. The summed E-state index contributed by atoms with van der Waals surface area (Å²) in [4.78, 5) is 27.0. The number of aryl methyl sites for hydroxylation is 1. The van der Waals surface area contributed by atoms with Crippen LogP contribution in [0.15, 0.2) is 4.79 Å². The Morgan fingerprint density at radius 1 is 1.33 bits per heavy atom. The number of aromatic nitrogens is 3. The van der Waals surface area contributed by atoms with Crippen LogP contribution in [0, 0.1) is 5.92 Å². The predicted molar refractivity (Wildman–Crippen MR) is 93.3 cm³/mol. The molecule has 2 aromatic rings. The fourth-order valence-corrected chi connectivity index (χ4v) is 5.19. The number of hydrogen-bond donors (Lipinski definition) is 1. The van der Waals surface area contributed by atoms with Crippen molar-refractivity contribution in [2.75, 3.05) is 0 Å². The van der Waals surface area contributed by atoms with Gasteiger partial charge in [-0.3, -0.25) is 9.59 Å². The molecule has 1 saturated carbocycles. The van der Waals surface area contributed by atoms with Crippen molar-refractivity contribution in [3.63, 3.8) is 0 Å².